The SMILES string of the molecule is Oc1ccc2n[nH]c(CC3CCCN3)c2c1. The minimum Gasteiger partial charge on any atom is -0.508 e. The van der Waals surface area contributed by atoms with Gasteiger partial charge in [0.05, 0.1) is 5.52 Å². The molecule has 0 amide bonds. The molecule has 0 aliphatic carbocycles. The second-order valence-electron chi connectivity index (χ2n) is 4.40. The zero-order chi connectivity index (χ0) is 11.0. The highest BCUT2D eigenvalue weighted by molar-refractivity contribution is 5.82. The number of phenols is 1. The highest BCUT2D eigenvalue weighted by Gasteiger charge is 2.17. The van der Waals surface area contributed by atoms with Crippen LogP contribution in [0.5, 0.6) is 5.75 Å². The van der Waals surface area contributed by atoms with E-state index in [-0.39, 0.29) is 0 Å². The number of fused-ring (bicyclic) bond motifs is 1. The minimum absolute atomic E-state index is 0.300. The summed E-state index contributed by atoms with van der Waals surface area (Å²) in [7, 11) is 0. The molecule has 1 aromatic carbocycles. The molecule has 1 fully saturated rings. The van der Waals surface area contributed by atoms with Crippen molar-refractivity contribution in [3.05, 3.63) is 23.9 Å². The molecule has 0 spiro atoms. The smallest absolute Gasteiger partial charge is 0.116 e. The van der Waals surface area contributed by atoms with Gasteiger partial charge in [-0.3, -0.25) is 5.10 Å². The summed E-state index contributed by atoms with van der Waals surface area (Å²) >= 11 is 0. The standard InChI is InChI=1S/C12H15N3O/c16-9-3-4-11-10(7-9)12(15-14-11)6-8-2-1-5-13-8/h3-4,7-8,13,16H,1-2,5-6H2,(H,14,15). The van der Waals surface area contributed by atoms with E-state index in [0.717, 1.165) is 29.6 Å². The van der Waals surface area contributed by atoms with Gasteiger partial charge in [-0.25, -0.2) is 0 Å². The molecule has 2 heterocycles. The molecule has 0 bridgehead atoms. The Hall–Kier alpha value is -1.55. The summed E-state index contributed by atoms with van der Waals surface area (Å²) < 4.78 is 0. The first-order chi connectivity index (χ1) is 7.83. The topological polar surface area (TPSA) is 60.9 Å². The monoisotopic (exact) mass is 217 g/mol. The van der Waals surface area contributed by atoms with Crippen LogP contribution in [0.2, 0.25) is 0 Å². The molecule has 0 radical (unpaired) electrons. The second kappa shape index (κ2) is 3.79. The van der Waals surface area contributed by atoms with Gasteiger partial charge >= 0.3 is 0 Å². The molecule has 16 heavy (non-hydrogen) atoms. The molecule has 1 aliphatic rings. The van der Waals surface area contributed by atoms with Gasteiger partial charge in [-0.2, -0.15) is 5.10 Å². The number of aromatic hydroxyl groups is 1. The Bertz CT molecular complexity index is 500. The molecule has 4 nitrogen and oxygen atoms in total. The van der Waals surface area contributed by atoms with Crippen molar-refractivity contribution in [3.8, 4) is 5.75 Å². The average molecular weight is 217 g/mol. The number of hydrogen-bond donors (Lipinski definition) is 3. The van der Waals surface area contributed by atoms with Crippen molar-refractivity contribution in [2.24, 2.45) is 0 Å². The van der Waals surface area contributed by atoms with Gasteiger partial charge in [0, 0.05) is 23.5 Å². The molecule has 0 saturated carbocycles. The zero-order valence-electron chi connectivity index (χ0n) is 9.03. The largest absolute Gasteiger partial charge is 0.508 e. The number of aromatic amines is 1. The fourth-order valence-electron chi connectivity index (χ4n) is 2.38. The zero-order valence-corrected chi connectivity index (χ0v) is 9.03. The summed E-state index contributed by atoms with van der Waals surface area (Å²) in [6.07, 6.45) is 3.43. The Morgan fingerprint density at radius 1 is 1.44 bits per heavy atom. The van der Waals surface area contributed by atoms with Crippen LogP contribution in [0.1, 0.15) is 18.5 Å². The maximum Gasteiger partial charge on any atom is 0.116 e. The van der Waals surface area contributed by atoms with E-state index in [2.05, 4.69) is 15.5 Å². The Morgan fingerprint density at radius 3 is 3.19 bits per heavy atom. The highest BCUT2D eigenvalue weighted by Crippen LogP contribution is 2.23. The third-order valence-corrected chi connectivity index (χ3v) is 3.23. The van der Waals surface area contributed by atoms with E-state index in [1.807, 2.05) is 6.07 Å². The van der Waals surface area contributed by atoms with E-state index in [9.17, 15) is 5.11 Å². The summed E-state index contributed by atoms with van der Waals surface area (Å²) in [4.78, 5) is 0. The number of hydrogen-bond acceptors (Lipinski definition) is 3. The number of nitrogens with zero attached hydrogens (tertiary/aromatic N) is 1. The molecule has 84 valence electrons. The number of rotatable bonds is 2. The Kier molecular flexibility index (Phi) is 2.29. The van der Waals surface area contributed by atoms with Crippen molar-refractivity contribution in [1.82, 2.24) is 15.5 Å². The number of phenolic OH excluding ortho intramolecular Hbond substituents is 1. The van der Waals surface area contributed by atoms with Crippen molar-refractivity contribution in [3.63, 3.8) is 0 Å². The fraction of sp³-hybridized carbons (Fsp3) is 0.417. The number of benzene rings is 1. The lowest BCUT2D eigenvalue weighted by atomic mass is 10.1. The number of H-pyrrole nitrogens is 1. The maximum atomic E-state index is 9.48. The third kappa shape index (κ3) is 1.65. The van der Waals surface area contributed by atoms with E-state index in [1.54, 1.807) is 12.1 Å². The van der Waals surface area contributed by atoms with Crippen molar-refractivity contribution in [1.29, 1.82) is 0 Å². The lowest BCUT2D eigenvalue weighted by Gasteiger charge is -2.08. The van der Waals surface area contributed by atoms with E-state index in [0.29, 0.717) is 11.8 Å². The molecular weight excluding hydrogens is 202 g/mol. The molecule has 3 rings (SSSR count). The van der Waals surface area contributed by atoms with Gasteiger partial charge in [-0.15, -0.1) is 0 Å². The molecule has 1 atom stereocenters. The predicted molar refractivity (Wildman–Crippen MR) is 62.5 cm³/mol. The van der Waals surface area contributed by atoms with Crippen LogP contribution in [0.15, 0.2) is 18.2 Å². The quantitative estimate of drug-likeness (QED) is 0.715. The average Bonchev–Trinajstić information content (AvgIpc) is 2.90. The molecule has 4 heteroatoms. The van der Waals surface area contributed by atoms with Gasteiger partial charge in [0.1, 0.15) is 5.75 Å². The highest BCUT2D eigenvalue weighted by atomic mass is 16.3. The first kappa shape index (κ1) is 9.66. The molecule has 3 N–H and O–H groups in total. The minimum atomic E-state index is 0.300. The maximum absolute atomic E-state index is 9.48. The lowest BCUT2D eigenvalue weighted by molar-refractivity contribution is 0.476. The Labute approximate surface area is 93.7 Å². The van der Waals surface area contributed by atoms with Crippen LogP contribution < -0.4 is 5.32 Å². The molecular formula is C12H15N3O. The van der Waals surface area contributed by atoms with Crippen LogP contribution in [0.25, 0.3) is 10.9 Å². The molecule has 2 aromatic rings. The van der Waals surface area contributed by atoms with E-state index in [1.165, 1.54) is 12.8 Å². The van der Waals surface area contributed by atoms with Gasteiger partial charge < -0.3 is 10.4 Å². The first-order valence-corrected chi connectivity index (χ1v) is 5.72. The van der Waals surface area contributed by atoms with E-state index in [4.69, 9.17) is 0 Å². The Balaban J connectivity index is 1.93. The summed E-state index contributed by atoms with van der Waals surface area (Å²) in [6.45, 7) is 1.11. The fourth-order valence-corrected chi connectivity index (χ4v) is 2.38. The summed E-state index contributed by atoms with van der Waals surface area (Å²) in [5.74, 6) is 0.300. The number of nitrogens with one attached hydrogen (secondary N) is 2. The normalized spacial score (nSPS) is 20.6. The van der Waals surface area contributed by atoms with Crippen molar-refractivity contribution in [2.45, 2.75) is 25.3 Å². The van der Waals surface area contributed by atoms with E-state index < -0.39 is 0 Å². The summed E-state index contributed by atoms with van der Waals surface area (Å²) in [5.41, 5.74) is 2.04. The summed E-state index contributed by atoms with van der Waals surface area (Å²) in [5, 5.41) is 21.3. The van der Waals surface area contributed by atoms with E-state index >= 15 is 0 Å². The molecule has 1 aromatic heterocycles. The first-order valence-electron chi connectivity index (χ1n) is 5.72. The van der Waals surface area contributed by atoms with Crippen LogP contribution in [0.4, 0.5) is 0 Å². The van der Waals surface area contributed by atoms with Crippen LogP contribution in [-0.2, 0) is 6.42 Å². The lowest BCUT2D eigenvalue weighted by Crippen LogP contribution is -2.23. The van der Waals surface area contributed by atoms with Crippen molar-refractivity contribution in [2.75, 3.05) is 6.54 Å². The second-order valence-corrected chi connectivity index (χ2v) is 4.40. The van der Waals surface area contributed by atoms with Crippen molar-refractivity contribution >= 4 is 10.9 Å². The van der Waals surface area contributed by atoms with Gasteiger partial charge in [-0.05, 0) is 37.6 Å². The van der Waals surface area contributed by atoms with Crippen LogP contribution in [0, 0.1) is 0 Å². The van der Waals surface area contributed by atoms with Crippen molar-refractivity contribution < 1.29 is 5.11 Å². The molecule has 1 aliphatic heterocycles. The predicted octanol–water partition coefficient (Wildman–Crippen LogP) is 1.56. The molecule has 1 unspecified atom stereocenters. The third-order valence-electron chi connectivity index (χ3n) is 3.23. The Morgan fingerprint density at radius 2 is 2.38 bits per heavy atom. The van der Waals surface area contributed by atoms with Crippen LogP contribution >= 0.6 is 0 Å². The van der Waals surface area contributed by atoms with Crippen LogP contribution in [0.3, 0.4) is 0 Å². The van der Waals surface area contributed by atoms with Gasteiger partial charge in [-0.1, -0.05) is 0 Å². The molecule has 1 saturated heterocycles. The van der Waals surface area contributed by atoms with Gasteiger partial charge in [0.15, 0.2) is 0 Å². The number of aromatic nitrogens is 2. The van der Waals surface area contributed by atoms with Gasteiger partial charge in [0.25, 0.3) is 0 Å². The van der Waals surface area contributed by atoms with Gasteiger partial charge in [0.2, 0.25) is 0 Å². The van der Waals surface area contributed by atoms with Crippen LogP contribution in [-0.4, -0.2) is 27.9 Å². The summed E-state index contributed by atoms with van der Waals surface area (Å²) in [6, 6.07) is 5.84.